The van der Waals surface area contributed by atoms with Crippen molar-refractivity contribution in [2.24, 2.45) is 5.92 Å². The lowest BCUT2D eigenvalue weighted by atomic mass is 10.1. The number of hydrogen-bond acceptors (Lipinski definition) is 10. The first kappa shape index (κ1) is 27.5. The second-order valence-corrected chi connectivity index (χ2v) is 10.8. The lowest BCUT2D eigenvalue weighted by molar-refractivity contribution is -0.112. The van der Waals surface area contributed by atoms with Crippen molar-refractivity contribution >= 4 is 44.5 Å². The van der Waals surface area contributed by atoms with Gasteiger partial charge in [-0.3, -0.25) is 10.1 Å². The fraction of sp³-hybridized carbons (Fsp3) is 0.240. The van der Waals surface area contributed by atoms with Crippen LogP contribution in [0.4, 0.5) is 5.13 Å². The van der Waals surface area contributed by atoms with Crippen LogP contribution in [0.1, 0.15) is 36.7 Å². The predicted molar refractivity (Wildman–Crippen MR) is 138 cm³/mol. The Morgan fingerprint density at radius 2 is 1.89 bits per heavy atom. The Hall–Kier alpha value is -4.08. The van der Waals surface area contributed by atoms with E-state index in [1.54, 1.807) is 57.2 Å². The van der Waals surface area contributed by atoms with Crippen molar-refractivity contribution in [3.05, 3.63) is 65.2 Å². The van der Waals surface area contributed by atoms with Gasteiger partial charge in [0.25, 0.3) is 11.1 Å². The number of carbonyl (C=O) groups excluding carboxylic acids is 2. The summed E-state index contributed by atoms with van der Waals surface area (Å²) >= 11 is 0.704. The third kappa shape index (κ3) is 7.45. The number of sulfone groups is 1. The molecule has 1 heterocycles. The van der Waals surface area contributed by atoms with Crippen LogP contribution in [-0.4, -0.2) is 42.0 Å². The Balaban J connectivity index is 1.79. The number of ether oxygens (including phenoxy) is 2. The summed E-state index contributed by atoms with van der Waals surface area (Å²) in [6.07, 6.45) is 1.32. The van der Waals surface area contributed by atoms with Gasteiger partial charge < -0.3 is 9.47 Å². The fourth-order valence-corrected chi connectivity index (χ4v) is 5.43. The number of hydrogen-bond donors (Lipinski definition) is 1. The van der Waals surface area contributed by atoms with E-state index < -0.39 is 21.7 Å². The van der Waals surface area contributed by atoms with E-state index in [0.29, 0.717) is 22.7 Å². The van der Waals surface area contributed by atoms with E-state index in [1.165, 1.54) is 18.2 Å². The van der Waals surface area contributed by atoms with E-state index in [1.807, 2.05) is 6.07 Å². The van der Waals surface area contributed by atoms with Gasteiger partial charge >= 0.3 is 5.97 Å². The van der Waals surface area contributed by atoms with Gasteiger partial charge in [0.05, 0.1) is 17.9 Å². The summed E-state index contributed by atoms with van der Waals surface area (Å²) in [5.41, 5.74) is 0.541. The molecule has 0 atom stereocenters. The molecule has 1 amide bonds. The molecule has 12 heteroatoms. The maximum absolute atomic E-state index is 12.7. The molecule has 0 fully saturated rings. The average Bonchev–Trinajstić information content (AvgIpc) is 3.33. The molecule has 192 valence electrons. The summed E-state index contributed by atoms with van der Waals surface area (Å²) in [5, 5.41) is 11.5. The number of nitriles is 1. The summed E-state index contributed by atoms with van der Waals surface area (Å²) in [6.45, 7) is 5.56. The molecular weight excluding hydrogens is 516 g/mol. The highest BCUT2D eigenvalue weighted by Crippen LogP contribution is 2.30. The van der Waals surface area contributed by atoms with Crippen molar-refractivity contribution in [2.75, 3.05) is 17.7 Å². The standard InChI is InChI=1S/C25H24N4O6S2/c1-4-34-21-13-17(10-11-20(21)35-23(31)18-8-6-5-7-9-18)12-19(14-26)22(30)27-24-28-25(29-36-24)37(32,33)15-16(2)3/h5-13,16H,4,15H2,1-3H3,(H,27,28,29,30)/b19-12-. The fourth-order valence-electron chi connectivity index (χ4n) is 3.08. The molecule has 0 aliphatic carbocycles. The van der Waals surface area contributed by atoms with Gasteiger partial charge in [0.1, 0.15) is 11.6 Å². The monoisotopic (exact) mass is 540 g/mol. The van der Waals surface area contributed by atoms with Crippen molar-refractivity contribution in [1.29, 1.82) is 5.26 Å². The quantitative estimate of drug-likeness (QED) is 0.173. The van der Waals surface area contributed by atoms with Gasteiger partial charge in [0, 0.05) is 11.5 Å². The van der Waals surface area contributed by atoms with Gasteiger partial charge in [0.15, 0.2) is 11.5 Å². The molecule has 37 heavy (non-hydrogen) atoms. The normalized spacial score (nSPS) is 11.6. The van der Waals surface area contributed by atoms with Crippen LogP contribution >= 0.6 is 11.5 Å². The molecule has 10 nitrogen and oxygen atoms in total. The van der Waals surface area contributed by atoms with Crippen LogP contribution < -0.4 is 14.8 Å². The summed E-state index contributed by atoms with van der Waals surface area (Å²) < 4.78 is 39.5. The van der Waals surface area contributed by atoms with Crippen molar-refractivity contribution in [2.45, 2.75) is 25.9 Å². The molecule has 1 aromatic heterocycles. The smallest absolute Gasteiger partial charge is 0.343 e. The largest absolute Gasteiger partial charge is 0.490 e. The molecule has 0 unspecified atom stereocenters. The average molecular weight is 541 g/mol. The number of nitrogens with zero attached hydrogens (tertiary/aromatic N) is 3. The summed E-state index contributed by atoms with van der Waals surface area (Å²) in [6, 6.07) is 14.9. The van der Waals surface area contributed by atoms with Crippen LogP contribution in [0, 0.1) is 17.2 Å². The van der Waals surface area contributed by atoms with Crippen molar-refractivity contribution in [1.82, 2.24) is 9.36 Å². The minimum absolute atomic E-state index is 0.0494. The SMILES string of the molecule is CCOc1cc(/C=C(/C#N)C(=O)Nc2nc(S(=O)(=O)CC(C)C)ns2)ccc1OC(=O)c1ccccc1. The summed E-state index contributed by atoms with van der Waals surface area (Å²) in [7, 11) is -3.68. The number of benzene rings is 2. The number of rotatable bonds is 10. The van der Waals surface area contributed by atoms with Crippen molar-refractivity contribution in [3.8, 4) is 17.6 Å². The zero-order chi connectivity index (χ0) is 27.0. The topological polar surface area (TPSA) is 148 Å². The van der Waals surface area contributed by atoms with Crippen LogP contribution in [0.15, 0.2) is 59.3 Å². The predicted octanol–water partition coefficient (Wildman–Crippen LogP) is 4.13. The van der Waals surface area contributed by atoms with Gasteiger partial charge in [-0.25, -0.2) is 13.2 Å². The molecule has 0 bridgehead atoms. The van der Waals surface area contributed by atoms with E-state index in [4.69, 9.17) is 9.47 Å². The molecule has 0 radical (unpaired) electrons. The second-order valence-electron chi connectivity index (χ2n) is 8.08. The number of carbonyl (C=O) groups is 2. The van der Waals surface area contributed by atoms with Crippen LogP contribution in [0.25, 0.3) is 6.08 Å². The van der Waals surface area contributed by atoms with E-state index in [-0.39, 0.29) is 45.6 Å². The van der Waals surface area contributed by atoms with Crippen molar-refractivity contribution < 1.29 is 27.5 Å². The van der Waals surface area contributed by atoms with E-state index >= 15 is 0 Å². The third-order valence-corrected chi connectivity index (χ3v) is 7.21. The maximum Gasteiger partial charge on any atom is 0.343 e. The van der Waals surface area contributed by atoms with E-state index in [2.05, 4.69) is 14.7 Å². The lowest BCUT2D eigenvalue weighted by Gasteiger charge is -2.11. The highest BCUT2D eigenvalue weighted by atomic mass is 32.2. The van der Waals surface area contributed by atoms with Crippen LogP contribution in [0.5, 0.6) is 11.5 Å². The molecule has 0 saturated heterocycles. The Labute approximate surface area is 218 Å². The van der Waals surface area contributed by atoms with Crippen molar-refractivity contribution in [3.63, 3.8) is 0 Å². The molecule has 1 N–H and O–H groups in total. The highest BCUT2D eigenvalue weighted by molar-refractivity contribution is 7.91. The number of amides is 1. The number of aromatic nitrogens is 2. The second kappa shape index (κ2) is 12.2. The zero-order valence-corrected chi connectivity index (χ0v) is 21.9. The maximum atomic E-state index is 12.7. The summed E-state index contributed by atoms with van der Waals surface area (Å²) in [5.74, 6) is -1.16. The Morgan fingerprint density at radius 3 is 2.54 bits per heavy atom. The third-order valence-electron chi connectivity index (χ3n) is 4.61. The molecule has 0 spiro atoms. The van der Waals surface area contributed by atoms with Gasteiger partial charge in [-0.15, -0.1) is 0 Å². The van der Waals surface area contributed by atoms with Gasteiger partial charge in [-0.05, 0) is 48.7 Å². The first-order chi connectivity index (χ1) is 17.6. The lowest BCUT2D eigenvalue weighted by Crippen LogP contribution is -2.15. The Morgan fingerprint density at radius 1 is 1.16 bits per heavy atom. The Bertz CT molecular complexity index is 1460. The van der Waals surface area contributed by atoms with E-state index in [9.17, 15) is 23.3 Å². The highest BCUT2D eigenvalue weighted by Gasteiger charge is 2.23. The minimum Gasteiger partial charge on any atom is -0.490 e. The summed E-state index contributed by atoms with van der Waals surface area (Å²) in [4.78, 5) is 29.0. The van der Waals surface area contributed by atoms with Crippen LogP contribution in [0.3, 0.4) is 0 Å². The van der Waals surface area contributed by atoms with Crippen LogP contribution in [-0.2, 0) is 14.6 Å². The Kier molecular flexibility index (Phi) is 9.10. The molecule has 2 aromatic carbocycles. The first-order valence-electron chi connectivity index (χ1n) is 11.2. The van der Waals surface area contributed by atoms with Crippen LogP contribution in [0.2, 0.25) is 0 Å². The number of esters is 1. The molecule has 3 aromatic rings. The van der Waals surface area contributed by atoms with Gasteiger partial charge in [-0.1, -0.05) is 38.1 Å². The minimum atomic E-state index is -3.68. The molecule has 0 aliphatic heterocycles. The molecule has 0 saturated carbocycles. The molecule has 3 rings (SSSR count). The zero-order valence-electron chi connectivity index (χ0n) is 20.3. The molecule has 0 aliphatic rings. The van der Waals surface area contributed by atoms with E-state index in [0.717, 1.165) is 0 Å². The number of anilines is 1. The first-order valence-corrected chi connectivity index (χ1v) is 13.6. The van der Waals surface area contributed by atoms with Gasteiger partial charge in [-0.2, -0.15) is 14.6 Å². The molecular formula is C25H24N4O6S2. The number of nitrogens with one attached hydrogen (secondary N) is 1. The van der Waals surface area contributed by atoms with Gasteiger partial charge in [0.2, 0.25) is 15.0 Å².